The summed E-state index contributed by atoms with van der Waals surface area (Å²) in [5.74, 6) is 0.749. The minimum atomic E-state index is 0.0242. The van der Waals surface area contributed by atoms with E-state index in [9.17, 15) is 4.79 Å². The Bertz CT molecular complexity index is 574. The highest BCUT2D eigenvalue weighted by molar-refractivity contribution is 5.94. The molecule has 1 saturated carbocycles. The van der Waals surface area contributed by atoms with Gasteiger partial charge >= 0.3 is 0 Å². The van der Waals surface area contributed by atoms with Crippen molar-refractivity contribution >= 4 is 5.91 Å². The van der Waals surface area contributed by atoms with Gasteiger partial charge in [-0.25, -0.2) is 4.68 Å². The van der Waals surface area contributed by atoms with Crippen LogP contribution in [0.2, 0.25) is 0 Å². The van der Waals surface area contributed by atoms with E-state index in [-0.39, 0.29) is 5.91 Å². The fraction of sp³-hybridized carbons (Fsp3) is 0.375. The third kappa shape index (κ3) is 2.74. The van der Waals surface area contributed by atoms with Crippen LogP contribution >= 0.6 is 0 Å². The number of carbonyl (C=O) groups excluding carboxylic acids is 1. The standard InChI is InChI=1S/C16H19N3O/c1-12-3-6-14(11-12)18-16(20)13-4-7-15(8-5-13)19-10-2-9-17-19/h2,4-5,7-10,12,14H,3,6,11H2,1H3,(H,18,20). The first-order valence-electron chi connectivity index (χ1n) is 7.13. The number of rotatable bonds is 3. The monoisotopic (exact) mass is 269 g/mol. The summed E-state index contributed by atoms with van der Waals surface area (Å²) in [5, 5.41) is 7.29. The smallest absolute Gasteiger partial charge is 0.251 e. The Balaban J connectivity index is 1.66. The van der Waals surface area contributed by atoms with Crippen LogP contribution in [0.25, 0.3) is 5.69 Å². The van der Waals surface area contributed by atoms with Crippen LogP contribution in [-0.2, 0) is 0 Å². The van der Waals surface area contributed by atoms with Gasteiger partial charge in [0.15, 0.2) is 0 Å². The maximum atomic E-state index is 12.2. The Morgan fingerprint density at radius 2 is 2.10 bits per heavy atom. The molecule has 0 radical (unpaired) electrons. The third-order valence-electron chi connectivity index (χ3n) is 3.93. The average molecular weight is 269 g/mol. The van der Waals surface area contributed by atoms with Crippen LogP contribution in [0, 0.1) is 5.92 Å². The van der Waals surface area contributed by atoms with Crippen molar-refractivity contribution in [1.82, 2.24) is 15.1 Å². The Morgan fingerprint density at radius 3 is 2.70 bits per heavy atom. The second kappa shape index (κ2) is 5.49. The molecule has 0 bridgehead atoms. The SMILES string of the molecule is CC1CCC(NC(=O)c2ccc(-n3cccn3)cc2)C1. The molecule has 0 saturated heterocycles. The topological polar surface area (TPSA) is 46.9 Å². The maximum absolute atomic E-state index is 12.2. The predicted octanol–water partition coefficient (Wildman–Crippen LogP) is 2.79. The maximum Gasteiger partial charge on any atom is 0.251 e. The molecule has 2 aromatic rings. The summed E-state index contributed by atoms with van der Waals surface area (Å²) in [6.45, 7) is 2.24. The van der Waals surface area contributed by atoms with E-state index in [1.165, 1.54) is 6.42 Å². The van der Waals surface area contributed by atoms with Crippen molar-refractivity contribution in [2.75, 3.05) is 0 Å². The van der Waals surface area contributed by atoms with E-state index in [0.29, 0.717) is 11.6 Å². The highest BCUT2D eigenvalue weighted by Gasteiger charge is 2.22. The lowest BCUT2D eigenvalue weighted by atomic mass is 10.1. The predicted molar refractivity (Wildman–Crippen MR) is 77.8 cm³/mol. The summed E-state index contributed by atoms with van der Waals surface area (Å²) in [6.07, 6.45) is 7.02. The molecule has 1 amide bonds. The molecule has 2 atom stereocenters. The lowest BCUT2D eigenvalue weighted by molar-refractivity contribution is 0.0937. The Kier molecular flexibility index (Phi) is 3.54. The second-order valence-electron chi connectivity index (χ2n) is 5.59. The van der Waals surface area contributed by atoms with Gasteiger partial charge in [-0.2, -0.15) is 5.10 Å². The van der Waals surface area contributed by atoms with Gasteiger partial charge in [0.25, 0.3) is 5.91 Å². The number of hydrogen-bond donors (Lipinski definition) is 1. The Morgan fingerprint density at radius 1 is 1.30 bits per heavy atom. The third-order valence-corrected chi connectivity index (χ3v) is 3.93. The number of hydrogen-bond acceptors (Lipinski definition) is 2. The molecule has 1 aromatic heterocycles. The summed E-state index contributed by atoms with van der Waals surface area (Å²) in [7, 11) is 0. The van der Waals surface area contributed by atoms with Gasteiger partial charge in [-0.15, -0.1) is 0 Å². The number of benzene rings is 1. The van der Waals surface area contributed by atoms with E-state index in [1.807, 2.05) is 36.5 Å². The summed E-state index contributed by atoms with van der Waals surface area (Å²) in [4.78, 5) is 12.2. The van der Waals surface area contributed by atoms with Gasteiger partial charge in [0.1, 0.15) is 0 Å². The first-order chi connectivity index (χ1) is 9.72. The van der Waals surface area contributed by atoms with Crippen molar-refractivity contribution in [3.05, 3.63) is 48.3 Å². The normalized spacial score (nSPS) is 21.9. The van der Waals surface area contributed by atoms with E-state index in [4.69, 9.17) is 0 Å². The molecule has 1 heterocycles. The minimum absolute atomic E-state index is 0.0242. The highest BCUT2D eigenvalue weighted by Crippen LogP contribution is 2.24. The van der Waals surface area contributed by atoms with Crippen LogP contribution < -0.4 is 5.32 Å². The van der Waals surface area contributed by atoms with Crippen LogP contribution in [0.15, 0.2) is 42.7 Å². The van der Waals surface area contributed by atoms with Gasteiger partial charge < -0.3 is 5.32 Å². The molecule has 104 valence electrons. The highest BCUT2D eigenvalue weighted by atomic mass is 16.1. The molecule has 1 aliphatic carbocycles. The van der Waals surface area contributed by atoms with Crippen LogP contribution in [-0.4, -0.2) is 21.7 Å². The first kappa shape index (κ1) is 12.9. The van der Waals surface area contributed by atoms with Crippen molar-refractivity contribution in [1.29, 1.82) is 0 Å². The van der Waals surface area contributed by atoms with Crippen molar-refractivity contribution in [3.8, 4) is 5.69 Å². The molecule has 4 heteroatoms. The zero-order valence-electron chi connectivity index (χ0n) is 11.6. The number of nitrogens with zero attached hydrogens (tertiary/aromatic N) is 2. The molecule has 1 fully saturated rings. The van der Waals surface area contributed by atoms with Crippen molar-refractivity contribution < 1.29 is 4.79 Å². The van der Waals surface area contributed by atoms with Gasteiger partial charge in [-0.05, 0) is 55.5 Å². The van der Waals surface area contributed by atoms with E-state index in [2.05, 4.69) is 17.3 Å². The van der Waals surface area contributed by atoms with Crippen LogP contribution in [0.1, 0.15) is 36.5 Å². The molecule has 20 heavy (non-hydrogen) atoms. The Hall–Kier alpha value is -2.10. The van der Waals surface area contributed by atoms with Gasteiger partial charge in [0.2, 0.25) is 0 Å². The number of nitrogens with one attached hydrogen (secondary N) is 1. The molecule has 4 nitrogen and oxygen atoms in total. The van der Waals surface area contributed by atoms with Crippen LogP contribution in [0.5, 0.6) is 0 Å². The fourth-order valence-corrected chi connectivity index (χ4v) is 2.79. The molecule has 1 aliphatic rings. The largest absolute Gasteiger partial charge is 0.349 e. The van der Waals surface area contributed by atoms with E-state index >= 15 is 0 Å². The molecular formula is C16H19N3O. The molecule has 1 aromatic carbocycles. The van der Waals surface area contributed by atoms with Crippen molar-refractivity contribution in [3.63, 3.8) is 0 Å². The van der Waals surface area contributed by atoms with Gasteiger partial charge in [-0.1, -0.05) is 6.92 Å². The molecule has 2 unspecified atom stereocenters. The number of amides is 1. The van der Waals surface area contributed by atoms with E-state index in [1.54, 1.807) is 10.9 Å². The van der Waals surface area contributed by atoms with Crippen molar-refractivity contribution in [2.45, 2.75) is 32.2 Å². The molecule has 1 N–H and O–H groups in total. The lowest BCUT2D eigenvalue weighted by Gasteiger charge is -2.12. The van der Waals surface area contributed by atoms with E-state index in [0.717, 1.165) is 24.4 Å². The molecule has 0 aliphatic heterocycles. The number of aromatic nitrogens is 2. The minimum Gasteiger partial charge on any atom is -0.349 e. The fourth-order valence-electron chi connectivity index (χ4n) is 2.79. The van der Waals surface area contributed by atoms with Crippen LogP contribution in [0.3, 0.4) is 0 Å². The van der Waals surface area contributed by atoms with Gasteiger partial charge in [0.05, 0.1) is 5.69 Å². The number of carbonyl (C=O) groups is 1. The zero-order chi connectivity index (χ0) is 13.9. The van der Waals surface area contributed by atoms with Gasteiger partial charge in [0, 0.05) is 24.0 Å². The van der Waals surface area contributed by atoms with Crippen molar-refractivity contribution in [2.24, 2.45) is 5.92 Å². The quantitative estimate of drug-likeness (QED) is 0.931. The van der Waals surface area contributed by atoms with E-state index < -0.39 is 0 Å². The first-order valence-corrected chi connectivity index (χ1v) is 7.13. The lowest BCUT2D eigenvalue weighted by Crippen LogP contribution is -2.32. The van der Waals surface area contributed by atoms with Gasteiger partial charge in [-0.3, -0.25) is 4.79 Å². The summed E-state index contributed by atoms with van der Waals surface area (Å²) in [6, 6.07) is 9.75. The molecule has 0 spiro atoms. The van der Waals surface area contributed by atoms with Crippen LogP contribution in [0.4, 0.5) is 0 Å². The zero-order valence-corrected chi connectivity index (χ0v) is 11.6. The molecule has 3 rings (SSSR count). The Labute approximate surface area is 118 Å². The second-order valence-corrected chi connectivity index (χ2v) is 5.59. The molecular weight excluding hydrogens is 250 g/mol. The summed E-state index contributed by atoms with van der Waals surface area (Å²) >= 11 is 0. The summed E-state index contributed by atoms with van der Waals surface area (Å²) in [5.41, 5.74) is 1.67. The summed E-state index contributed by atoms with van der Waals surface area (Å²) < 4.78 is 1.78. The average Bonchev–Trinajstić information content (AvgIpc) is 3.11.